The maximum Gasteiger partial charge on any atom is 0.421 e. The zero-order valence-corrected chi connectivity index (χ0v) is 30.3. The molecular weight excluding hydrogens is 779 g/mol. The van der Waals surface area contributed by atoms with Crippen LogP contribution < -0.4 is 4.90 Å². The minimum atomic E-state index is -1.94. The molecule has 2 fully saturated rings. The first-order valence-electron chi connectivity index (χ1n) is 16.7. The minimum Gasteiger partial charge on any atom is -0.508 e. The lowest BCUT2D eigenvalue weighted by Gasteiger charge is -2.46. The molecular formula is C40H35IN2O9. The third-order valence-electron chi connectivity index (χ3n) is 9.92. The fraction of sp³-hybridized carbons (Fsp3) is 0.250. The molecule has 0 bridgehead atoms. The Kier molecular flexibility index (Phi) is 9.88. The van der Waals surface area contributed by atoms with Gasteiger partial charge in [0.25, 0.3) is 0 Å². The minimum absolute atomic E-state index is 0.0230. The average molecular weight is 815 g/mol. The van der Waals surface area contributed by atoms with E-state index >= 15 is 4.79 Å². The summed E-state index contributed by atoms with van der Waals surface area (Å²) in [5.41, 5.74) is 0.595. The van der Waals surface area contributed by atoms with Gasteiger partial charge >= 0.3 is 18.0 Å². The van der Waals surface area contributed by atoms with E-state index in [9.17, 15) is 19.5 Å². The first kappa shape index (κ1) is 35.4. The van der Waals surface area contributed by atoms with E-state index in [0.717, 1.165) is 14.0 Å². The van der Waals surface area contributed by atoms with Crippen molar-refractivity contribution in [2.24, 2.45) is 5.92 Å². The zero-order chi connectivity index (χ0) is 36.6. The second kappa shape index (κ2) is 14.5. The van der Waals surface area contributed by atoms with Crippen LogP contribution in [0.5, 0.6) is 5.75 Å². The number of fused-ring (bicyclic) bond motifs is 3. The fourth-order valence-corrected chi connectivity index (χ4v) is 8.48. The molecule has 7 rings (SSSR count). The molecule has 3 aliphatic rings. The van der Waals surface area contributed by atoms with Gasteiger partial charge in [-0.3, -0.25) is 19.3 Å². The Bertz CT molecular complexity index is 2010. The van der Waals surface area contributed by atoms with Crippen molar-refractivity contribution in [3.05, 3.63) is 142 Å². The molecule has 52 heavy (non-hydrogen) atoms. The third-order valence-corrected chi connectivity index (χ3v) is 10.6. The number of rotatable bonds is 9. The predicted octanol–water partition coefficient (Wildman–Crippen LogP) is 6.17. The van der Waals surface area contributed by atoms with Crippen LogP contribution in [0.3, 0.4) is 0 Å². The monoisotopic (exact) mass is 814 g/mol. The first-order chi connectivity index (χ1) is 25.2. The number of cyclic esters (lactones) is 1. The molecule has 266 valence electrons. The summed E-state index contributed by atoms with van der Waals surface area (Å²) in [5, 5.41) is 10.4. The molecule has 0 aromatic heterocycles. The van der Waals surface area contributed by atoms with Crippen molar-refractivity contribution in [3.63, 3.8) is 0 Å². The van der Waals surface area contributed by atoms with Crippen LogP contribution in [0.4, 0.5) is 10.5 Å². The maximum atomic E-state index is 15.6. The zero-order valence-electron chi connectivity index (χ0n) is 28.1. The molecule has 4 aromatic carbocycles. The topological polar surface area (TPSA) is 132 Å². The van der Waals surface area contributed by atoms with Crippen LogP contribution in [0, 0.1) is 9.49 Å². The van der Waals surface area contributed by atoms with Crippen molar-refractivity contribution in [2.45, 2.75) is 29.6 Å². The van der Waals surface area contributed by atoms with Crippen molar-refractivity contribution in [2.75, 3.05) is 31.8 Å². The SMILES string of the molecule is C=CCOC(=O)[C@@H]1[C@H]2C(=O)O[C@H](c3ccccc3)[C@H](c3ccccc3)N2[C@H](c2ccc(O)cc2)[C@@]12C(=O)N(C(=O)OCCOC)c1ccc(I)cc12. The van der Waals surface area contributed by atoms with Gasteiger partial charge in [0.15, 0.2) is 0 Å². The third kappa shape index (κ3) is 5.74. The van der Waals surface area contributed by atoms with Crippen LogP contribution >= 0.6 is 22.6 Å². The van der Waals surface area contributed by atoms with Gasteiger partial charge in [-0.2, -0.15) is 0 Å². The van der Waals surface area contributed by atoms with E-state index in [1.165, 1.54) is 25.3 Å². The number of imide groups is 1. The van der Waals surface area contributed by atoms with Crippen LogP contribution in [-0.4, -0.2) is 66.9 Å². The molecule has 0 unspecified atom stereocenters. The Morgan fingerprint density at radius 3 is 2.21 bits per heavy atom. The fourth-order valence-electron chi connectivity index (χ4n) is 7.99. The van der Waals surface area contributed by atoms with Crippen LogP contribution in [0.15, 0.2) is 116 Å². The van der Waals surface area contributed by atoms with E-state index in [2.05, 4.69) is 29.2 Å². The molecule has 0 radical (unpaired) electrons. The van der Waals surface area contributed by atoms with Gasteiger partial charge in [-0.15, -0.1) is 0 Å². The quantitative estimate of drug-likeness (QED) is 0.0688. The van der Waals surface area contributed by atoms with E-state index in [1.807, 2.05) is 65.6 Å². The number of benzene rings is 4. The summed E-state index contributed by atoms with van der Waals surface area (Å²) in [4.78, 5) is 61.7. The molecule has 0 saturated carbocycles. The number of amides is 2. The highest BCUT2D eigenvalue weighted by atomic mass is 127. The van der Waals surface area contributed by atoms with Gasteiger partial charge in [-0.05, 0) is 75.2 Å². The number of ether oxygens (including phenoxy) is 4. The van der Waals surface area contributed by atoms with E-state index < -0.39 is 59.5 Å². The lowest BCUT2D eigenvalue weighted by Crippen LogP contribution is -2.53. The van der Waals surface area contributed by atoms with E-state index in [-0.39, 0.29) is 31.3 Å². The lowest BCUT2D eigenvalue weighted by atomic mass is 9.65. The Morgan fingerprint density at radius 1 is 0.885 bits per heavy atom. The molecule has 3 aliphatic heterocycles. The molecule has 4 aromatic rings. The van der Waals surface area contributed by atoms with Crippen LogP contribution in [0.25, 0.3) is 0 Å². The van der Waals surface area contributed by atoms with E-state index in [0.29, 0.717) is 16.7 Å². The van der Waals surface area contributed by atoms with Gasteiger partial charge in [0.1, 0.15) is 42.4 Å². The highest BCUT2D eigenvalue weighted by Gasteiger charge is 2.76. The molecule has 6 atom stereocenters. The van der Waals surface area contributed by atoms with Gasteiger partial charge in [0, 0.05) is 10.7 Å². The number of esters is 2. The smallest absolute Gasteiger partial charge is 0.421 e. The molecule has 11 nitrogen and oxygen atoms in total. The average Bonchev–Trinajstić information content (AvgIpc) is 3.61. The number of anilines is 1. The van der Waals surface area contributed by atoms with Gasteiger partial charge in [0.05, 0.1) is 24.4 Å². The summed E-state index contributed by atoms with van der Waals surface area (Å²) in [6.45, 7) is 3.46. The number of phenolic OH excluding ortho intramolecular Hbond substituents is 1. The second-order valence-electron chi connectivity index (χ2n) is 12.7. The van der Waals surface area contributed by atoms with Crippen LogP contribution in [0.1, 0.15) is 40.4 Å². The Morgan fingerprint density at radius 2 is 1.56 bits per heavy atom. The van der Waals surface area contributed by atoms with E-state index in [1.54, 1.807) is 30.3 Å². The molecule has 3 heterocycles. The number of phenols is 1. The molecule has 2 saturated heterocycles. The number of hydrogen-bond donors (Lipinski definition) is 1. The highest BCUT2D eigenvalue weighted by Crippen LogP contribution is 2.66. The summed E-state index contributed by atoms with van der Waals surface area (Å²) in [6.07, 6.45) is -0.425. The number of nitrogens with zero attached hydrogens (tertiary/aromatic N) is 2. The van der Waals surface area contributed by atoms with Gasteiger partial charge in [0.2, 0.25) is 5.91 Å². The van der Waals surface area contributed by atoms with E-state index in [4.69, 9.17) is 18.9 Å². The van der Waals surface area contributed by atoms with Crippen molar-refractivity contribution < 1.29 is 43.2 Å². The first-order valence-corrected chi connectivity index (χ1v) is 17.8. The predicted molar refractivity (Wildman–Crippen MR) is 197 cm³/mol. The number of halogens is 1. The van der Waals surface area contributed by atoms with Crippen molar-refractivity contribution >= 4 is 52.2 Å². The summed E-state index contributed by atoms with van der Waals surface area (Å²) < 4.78 is 23.4. The number of methoxy groups -OCH3 is 1. The maximum absolute atomic E-state index is 15.6. The summed E-state index contributed by atoms with van der Waals surface area (Å²) in [5.74, 6) is -3.88. The van der Waals surface area contributed by atoms with Crippen molar-refractivity contribution in [3.8, 4) is 5.75 Å². The number of hydrogen-bond acceptors (Lipinski definition) is 10. The standard InChI is InChI=1S/C40H35IN2O9/c1-3-20-50-36(45)31-33-37(46)52-34(25-12-8-5-9-13-25)32(24-10-6-4-7-11-24)43(33)35(26-14-17-28(44)18-15-26)40(31)29-23-27(41)16-19-30(29)42(38(40)47)39(48)51-22-21-49-2/h3-19,23,31-35,44H,1,20-22H2,2H3/t31-,32-,33-,34+,35+,40-/m0/s1. The lowest BCUT2D eigenvalue weighted by molar-refractivity contribution is -0.180. The molecule has 2 amide bonds. The van der Waals surface area contributed by atoms with Crippen LogP contribution in [0.2, 0.25) is 0 Å². The largest absolute Gasteiger partial charge is 0.508 e. The molecule has 1 spiro atoms. The van der Waals surface area contributed by atoms with Crippen molar-refractivity contribution in [1.29, 1.82) is 0 Å². The number of morpholine rings is 1. The Balaban J connectivity index is 1.56. The van der Waals surface area contributed by atoms with Gasteiger partial charge in [-0.1, -0.05) is 85.5 Å². The van der Waals surface area contributed by atoms with Crippen LogP contribution in [-0.2, 0) is 38.7 Å². The summed E-state index contributed by atoms with van der Waals surface area (Å²) in [7, 11) is 1.46. The normalized spacial score (nSPS) is 25.0. The number of carbonyl (C=O) groups excluding carboxylic acids is 4. The second-order valence-corrected chi connectivity index (χ2v) is 13.9. The summed E-state index contributed by atoms with van der Waals surface area (Å²) >= 11 is 2.11. The van der Waals surface area contributed by atoms with Gasteiger partial charge < -0.3 is 24.1 Å². The molecule has 1 N–H and O–H groups in total. The number of carbonyl (C=O) groups is 4. The number of aromatic hydroxyl groups is 1. The van der Waals surface area contributed by atoms with Crippen molar-refractivity contribution in [1.82, 2.24) is 4.90 Å². The molecule has 0 aliphatic carbocycles. The Labute approximate surface area is 313 Å². The highest BCUT2D eigenvalue weighted by molar-refractivity contribution is 14.1. The van der Waals surface area contributed by atoms with Gasteiger partial charge in [-0.25, -0.2) is 9.69 Å². The summed E-state index contributed by atoms with van der Waals surface area (Å²) in [6, 6.07) is 27.0. The Hall–Kier alpha value is -5.05. The molecule has 12 heteroatoms.